The summed E-state index contributed by atoms with van der Waals surface area (Å²) in [6.07, 6.45) is 17.4. The summed E-state index contributed by atoms with van der Waals surface area (Å²) >= 11 is 1.86. The second-order valence-corrected chi connectivity index (χ2v) is 8.16. The standard InChI is InChI=1S/C21H23N3OS/c1-24(2)12-6-11-23-21(25)17-13-16-14-7-3-4-9-18(14)26-20(16)15-8-5-10-22-19(15)17/h3-5,7-10,13,18-19H,6,11-12H2,1-2H3,(H,23,25). The molecule has 4 nitrogen and oxygen atoms in total. The van der Waals surface area contributed by atoms with Crippen LogP contribution in [0.25, 0.3) is 0 Å². The summed E-state index contributed by atoms with van der Waals surface area (Å²) in [4.78, 5) is 20.9. The molecule has 4 rings (SSSR count). The van der Waals surface area contributed by atoms with Crippen LogP contribution >= 0.6 is 11.8 Å². The zero-order valence-electron chi connectivity index (χ0n) is 15.1. The third kappa shape index (κ3) is 3.17. The van der Waals surface area contributed by atoms with Crippen molar-refractivity contribution in [2.24, 2.45) is 4.99 Å². The van der Waals surface area contributed by atoms with Gasteiger partial charge in [-0.1, -0.05) is 30.4 Å². The van der Waals surface area contributed by atoms with E-state index in [9.17, 15) is 4.79 Å². The van der Waals surface area contributed by atoms with Crippen molar-refractivity contribution in [2.75, 3.05) is 27.2 Å². The molecule has 0 aromatic carbocycles. The molecule has 2 heterocycles. The fourth-order valence-corrected chi connectivity index (χ4v) is 4.96. The minimum absolute atomic E-state index is 0.00497. The number of rotatable bonds is 5. The first-order chi connectivity index (χ1) is 12.6. The lowest BCUT2D eigenvalue weighted by Crippen LogP contribution is -2.34. The Labute approximate surface area is 158 Å². The van der Waals surface area contributed by atoms with Crippen LogP contribution in [-0.4, -0.2) is 55.5 Å². The number of allylic oxidation sites excluding steroid dienone is 6. The number of dihydropyridines is 1. The van der Waals surface area contributed by atoms with Crippen LogP contribution in [0.5, 0.6) is 0 Å². The van der Waals surface area contributed by atoms with Crippen LogP contribution in [0.15, 0.2) is 74.7 Å². The monoisotopic (exact) mass is 365 g/mol. The summed E-state index contributed by atoms with van der Waals surface area (Å²) in [6.45, 7) is 1.64. The van der Waals surface area contributed by atoms with Gasteiger partial charge in [-0.3, -0.25) is 9.79 Å². The van der Waals surface area contributed by atoms with E-state index in [1.54, 1.807) is 6.21 Å². The third-order valence-electron chi connectivity index (χ3n) is 4.86. The molecule has 1 N–H and O–H groups in total. The van der Waals surface area contributed by atoms with Gasteiger partial charge in [0.1, 0.15) is 6.04 Å². The predicted molar refractivity (Wildman–Crippen MR) is 109 cm³/mol. The van der Waals surface area contributed by atoms with E-state index >= 15 is 0 Å². The lowest BCUT2D eigenvalue weighted by molar-refractivity contribution is -0.117. The molecule has 0 radical (unpaired) electrons. The van der Waals surface area contributed by atoms with Crippen LogP contribution in [0, 0.1) is 0 Å². The van der Waals surface area contributed by atoms with Crippen LogP contribution < -0.4 is 5.32 Å². The smallest absolute Gasteiger partial charge is 0.249 e. The molecule has 0 bridgehead atoms. The van der Waals surface area contributed by atoms with Crippen molar-refractivity contribution in [3.8, 4) is 0 Å². The van der Waals surface area contributed by atoms with E-state index in [-0.39, 0.29) is 11.9 Å². The number of fused-ring (bicyclic) bond motifs is 3. The number of carbonyl (C=O) groups is 1. The summed E-state index contributed by atoms with van der Waals surface area (Å²) in [5, 5.41) is 3.42. The Kier molecular flexibility index (Phi) is 4.83. The average Bonchev–Trinajstić information content (AvgIpc) is 3.03. The van der Waals surface area contributed by atoms with Crippen molar-refractivity contribution in [3.63, 3.8) is 0 Å². The second-order valence-electron chi connectivity index (χ2n) is 7.01. The highest BCUT2D eigenvalue weighted by atomic mass is 32.2. The normalized spacial score (nSPS) is 25.4. The van der Waals surface area contributed by atoms with Crippen LogP contribution in [0.1, 0.15) is 6.42 Å². The zero-order chi connectivity index (χ0) is 18.1. The first kappa shape index (κ1) is 17.3. The van der Waals surface area contributed by atoms with Gasteiger partial charge in [0.05, 0.1) is 5.25 Å². The number of nitrogens with zero attached hydrogens (tertiary/aromatic N) is 2. The number of hydrogen-bond donors (Lipinski definition) is 1. The van der Waals surface area contributed by atoms with Crippen molar-refractivity contribution in [1.29, 1.82) is 0 Å². The molecule has 0 saturated heterocycles. The molecule has 2 aliphatic carbocycles. The number of thioether (sulfide) groups is 1. The number of carbonyl (C=O) groups excluding carboxylic acids is 1. The fourth-order valence-electron chi connectivity index (χ4n) is 3.59. The molecule has 2 unspecified atom stereocenters. The summed E-state index contributed by atoms with van der Waals surface area (Å²) in [5.41, 5.74) is 4.38. The first-order valence-electron chi connectivity index (χ1n) is 9.00. The van der Waals surface area contributed by atoms with E-state index in [2.05, 4.69) is 51.7 Å². The van der Waals surface area contributed by atoms with Gasteiger partial charge in [0.15, 0.2) is 0 Å². The molecule has 0 aromatic rings. The highest BCUT2D eigenvalue weighted by Gasteiger charge is 2.37. The van der Waals surface area contributed by atoms with Gasteiger partial charge in [-0.2, -0.15) is 0 Å². The molecule has 4 aliphatic rings. The highest BCUT2D eigenvalue weighted by Crippen LogP contribution is 2.50. The zero-order valence-corrected chi connectivity index (χ0v) is 15.9. The van der Waals surface area contributed by atoms with Gasteiger partial charge in [-0.25, -0.2) is 0 Å². The largest absolute Gasteiger partial charge is 0.352 e. The first-order valence-corrected chi connectivity index (χ1v) is 9.87. The average molecular weight is 366 g/mol. The quantitative estimate of drug-likeness (QED) is 0.762. The Balaban J connectivity index is 1.62. The van der Waals surface area contributed by atoms with Crippen molar-refractivity contribution in [2.45, 2.75) is 17.7 Å². The van der Waals surface area contributed by atoms with Crippen LogP contribution in [0.4, 0.5) is 0 Å². The molecule has 0 spiro atoms. The Morgan fingerprint density at radius 2 is 2.08 bits per heavy atom. The molecule has 2 aliphatic heterocycles. The van der Waals surface area contributed by atoms with E-state index in [0.717, 1.165) is 24.1 Å². The Morgan fingerprint density at radius 1 is 1.23 bits per heavy atom. The summed E-state index contributed by atoms with van der Waals surface area (Å²) in [5.74, 6) is -0.00497. The third-order valence-corrected chi connectivity index (χ3v) is 6.21. The molecule has 1 amide bonds. The van der Waals surface area contributed by atoms with Gasteiger partial charge < -0.3 is 10.2 Å². The number of nitrogens with one attached hydrogen (secondary N) is 1. The Bertz CT molecular complexity index is 839. The maximum absolute atomic E-state index is 12.9. The molecule has 0 aromatic heterocycles. The SMILES string of the molecule is CN(C)CCCNC(=O)C1=CC2=C3C=CC=CC3SC2=C2C=CC=NC12. The minimum atomic E-state index is -0.186. The molecule has 0 saturated carbocycles. The predicted octanol–water partition coefficient (Wildman–Crippen LogP) is 2.80. The number of amides is 1. The lowest BCUT2D eigenvalue weighted by Gasteiger charge is -2.26. The van der Waals surface area contributed by atoms with Gasteiger partial charge in [-0.05, 0) is 55.9 Å². The minimum Gasteiger partial charge on any atom is -0.352 e. The maximum atomic E-state index is 12.9. The highest BCUT2D eigenvalue weighted by molar-refractivity contribution is 8.04. The van der Waals surface area contributed by atoms with E-state index in [0.29, 0.717) is 11.8 Å². The van der Waals surface area contributed by atoms with Gasteiger partial charge in [-0.15, -0.1) is 11.8 Å². The topological polar surface area (TPSA) is 44.7 Å². The molecular formula is C21H23N3OS. The van der Waals surface area contributed by atoms with Gasteiger partial charge in [0.2, 0.25) is 5.91 Å². The van der Waals surface area contributed by atoms with Crippen molar-refractivity contribution < 1.29 is 4.79 Å². The van der Waals surface area contributed by atoms with Gasteiger partial charge >= 0.3 is 0 Å². The molecule has 2 atom stereocenters. The van der Waals surface area contributed by atoms with Gasteiger partial charge in [0, 0.05) is 23.2 Å². The van der Waals surface area contributed by atoms with Crippen molar-refractivity contribution in [1.82, 2.24) is 10.2 Å². The fraction of sp³-hybridized carbons (Fsp3) is 0.333. The number of hydrogen-bond acceptors (Lipinski definition) is 4. The second kappa shape index (κ2) is 7.25. The summed E-state index contributed by atoms with van der Waals surface area (Å²) in [6, 6.07) is -0.186. The van der Waals surface area contributed by atoms with E-state index in [4.69, 9.17) is 0 Å². The maximum Gasteiger partial charge on any atom is 0.249 e. The van der Waals surface area contributed by atoms with E-state index in [1.165, 1.54) is 16.1 Å². The van der Waals surface area contributed by atoms with E-state index < -0.39 is 0 Å². The van der Waals surface area contributed by atoms with Crippen LogP contribution in [0.2, 0.25) is 0 Å². The molecule has 5 heteroatoms. The summed E-state index contributed by atoms with van der Waals surface area (Å²) in [7, 11) is 4.09. The Morgan fingerprint density at radius 3 is 2.92 bits per heavy atom. The number of aliphatic imine (C=N–C) groups is 1. The molecular weight excluding hydrogens is 342 g/mol. The van der Waals surface area contributed by atoms with E-state index in [1.807, 2.05) is 31.9 Å². The Hall–Kier alpha value is -2.11. The lowest BCUT2D eigenvalue weighted by atomic mass is 9.85. The van der Waals surface area contributed by atoms with Crippen molar-refractivity contribution >= 4 is 23.9 Å². The van der Waals surface area contributed by atoms with Gasteiger partial charge in [0.25, 0.3) is 0 Å². The van der Waals surface area contributed by atoms with Crippen LogP contribution in [0.3, 0.4) is 0 Å². The van der Waals surface area contributed by atoms with Crippen LogP contribution in [-0.2, 0) is 4.79 Å². The summed E-state index contributed by atoms with van der Waals surface area (Å²) < 4.78 is 0. The molecule has 26 heavy (non-hydrogen) atoms. The molecule has 134 valence electrons. The molecule has 0 fully saturated rings. The van der Waals surface area contributed by atoms with Crippen molar-refractivity contribution in [3.05, 3.63) is 69.7 Å².